The molecule has 2 saturated heterocycles. The number of nitrogens with zero attached hydrogens (tertiary/aromatic N) is 3. The van der Waals surface area contributed by atoms with Gasteiger partial charge in [0.25, 0.3) is 0 Å². The molecule has 0 bridgehead atoms. The van der Waals surface area contributed by atoms with Gasteiger partial charge in [0.1, 0.15) is 11.6 Å². The summed E-state index contributed by atoms with van der Waals surface area (Å²) in [4.78, 5) is 33.9. The van der Waals surface area contributed by atoms with Crippen LogP contribution in [-0.2, 0) is 16.0 Å². The molecule has 1 aromatic carbocycles. The first-order valence-electron chi connectivity index (χ1n) is 17.5. The highest BCUT2D eigenvalue weighted by Crippen LogP contribution is 2.42. The lowest BCUT2D eigenvalue weighted by Gasteiger charge is -2.42. The highest BCUT2D eigenvalue weighted by Gasteiger charge is 2.43. The molecule has 45 heavy (non-hydrogen) atoms. The van der Waals surface area contributed by atoms with E-state index in [1.807, 2.05) is 24.8 Å². The Bertz CT molecular complexity index is 1280. The second-order valence-electron chi connectivity index (χ2n) is 13.7. The maximum Gasteiger partial charge on any atom is 0.237 e. The Morgan fingerprint density at radius 2 is 1.98 bits per heavy atom. The molecule has 0 saturated carbocycles. The Morgan fingerprint density at radius 3 is 2.69 bits per heavy atom. The minimum absolute atomic E-state index is 0.0862. The van der Waals surface area contributed by atoms with E-state index in [0.717, 1.165) is 76.8 Å². The molecule has 0 radical (unpaired) electrons. The number of amides is 2. The molecule has 7 heteroatoms. The fraction of sp³-hybridized carbons (Fsp3) is 0.632. The third-order valence-electron chi connectivity index (χ3n) is 10.9. The van der Waals surface area contributed by atoms with Gasteiger partial charge in [-0.1, -0.05) is 57.9 Å². The molecule has 6 nitrogen and oxygen atoms in total. The number of carbonyl (C=O) groups excluding carboxylic acids is 2. The number of likely N-dealkylation sites (tertiary alicyclic amines) is 2. The van der Waals surface area contributed by atoms with E-state index in [1.165, 1.54) is 11.1 Å². The summed E-state index contributed by atoms with van der Waals surface area (Å²) in [7, 11) is 0. The zero-order valence-electron chi connectivity index (χ0n) is 28.0. The summed E-state index contributed by atoms with van der Waals surface area (Å²) in [5, 5.41) is 0. The average molecular weight is 620 g/mol. The minimum Gasteiger partial charge on any atom is -0.493 e. The van der Waals surface area contributed by atoms with Crippen molar-refractivity contribution < 1.29 is 18.7 Å². The molecule has 0 N–H and O–H groups in total. The van der Waals surface area contributed by atoms with Crippen LogP contribution in [0.4, 0.5) is 4.39 Å². The molecular formula is C38H54FN3O3. The number of hydrogen-bond donors (Lipinski definition) is 0. The van der Waals surface area contributed by atoms with Crippen LogP contribution in [0.1, 0.15) is 96.1 Å². The Morgan fingerprint density at radius 1 is 1.20 bits per heavy atom. The molecule has 0 spiro atoms. The number of halogens is 1. The SMILES string of the molecule is C=C[C@@H]1[C@@H](c2ccc3c(c2)CCO3)CN(CC(=O)N(C(CCC)CCC)C2C=CC(F)=C(C)C2C)[C@H]1CCN1CCCCC1=O. The quantitative estimate of drug-likeness (QED) is 0.219. The van der Waals surface area contributed by atoms with Crippen LogP contribution in [-0.4, -0.2) is 77.4 Å². The molecule has 246 valence electrons. The minimum atomic E-state index is -0.183. The molecule has 2 fully saturated rings. The monoisotopic (exact) mass is 619 g/mol. The van der Waals surface area contributed by atoms with Crippen LogP contribution in [0.2, 0.25) is 0 Å². The van der Waals surface area contributed by atoms with E-state index >= 15 is 0 Å². The van der Waals surface area contributed by atoms with Gasteiger partial charge in [-0.3, -0.25) is 14.5 Å². The van der Waals surface area contributed by atoms with Crippen molar-refractivity contribution in [3.05, 3.63) is 65.5 Å². The van der Waals surface area contributed by atoms with Crippen LogP contribution in [0.5, 0.6) is 5.75 Å². The summed E-state index contributed by atoms with van der Waals surface area (Å²) in [5.41, 5.74) is 3.23. The molecular weight excluding hydrogens is 565 g/mol. The first-order chi connectivity index (χ1) is 21.8. The van der Waals surface area contributed by atoms with Crippen molar-refractivity contribution in [3.8, 4) is 5.75 Å². The van der Waals surface area contributed by atoms with Gasteiger partial charge in [-0.05, 0) is 67.9 Å². The molecule has 1 aromatic rings. The summed E-state index contributed by atoms with van der Waals surface area (Å²) in [6.45, 7) is 15.9. The molecule has 1 aliphatic carbocycles. The van der Waals surface area contributed by atoms with Crippen LogP contribution in [0.25, 0.3) is 0 Å². The molecule has 4 aliphatic rings. The number of fused-ring (bicyclic) bond motifs is 1. The van der Waals surface area contributed by atoms with Gasteiger partial charge in [0.2, 0.25) is 11.8 Å². The maximum absolute atomic E-state index is 14.7. The van der Waals surface area contributed by atoms with Crippen LogP contribution >= 0.6 is 0 Å². The van der Waals surface area contributed by atoms with E-state index in [9.17, 15) is 14.0 Å². The molecule has 5 atom stereocenters. The predicted octanol–water partition coefficient (Wildman–Crippen LogP) is 7.21. The van der Waals surface area contributed by atoms with Crippen molar-refractivity contribution in [1.82, 2.24) is 14.7 Å². The Labute approximate surface area is 270 Å². The summed E-state index contributed by atoms with van der Waals surface area (Å²) in [6, 6.07) is 6.60. The standard InChI is InChI=1S/C38H54FN3O3/c1-6-11-30(12-7-2)42(34-16-15-33(39)26(4)27(34)5)38(44)25-41-24-32(28-14-17-36-29(23-28)19-22-45-36)31(8-3)35(41)18-21-40-20-10-9-13-37(40)43/h8,14-17,23,27,30-32,34-35H,3,6-7,9-13,18-22,24-25H2,1-2,4-5H3/t27?,31-,32-,34?,35+/m1/s1. The van der Waals surface area contributed by atoms with Gasteiger partial charge in [0.15, 0.2) is 0 Å². The summed E-state index contributed by atoms with van der Waals surface area (Å²) in [6.07, 6.45) is 13.8. The average Bonchev–Trinajstić information content (AvgIpc) is 3.64. The number of allylic oxidation sites excluding steroid dienone is 2. The summed E-state index contributed by atoms with van der Waals surface area (Å²) >= 11 is 0. The van der Waals surface area contributed by atoms with Gasteiger partial charge >= 0.3 is 0 Å². The van der Waals surface area contributed by atoms with E-state index < -0.39 is 0 Å². The number of ether oxygens (including phenoxy) is 1. The molecule has 2 unspecified atom stereocenters. The number of hydrogen-bond acceptors (Lipinski definition) is 4. The van der Waals surface area contributed by atoms with Crippen molar-refractivity contribution >= 4 is 11.8 Å². The van der Waals surface area contributed by atoms with Gasteiger partial charge in [0.05, 0.1) is 19.2 Å². The third kappa shape index (κ3) is 7.24. The molecule has 3 aliphatic heterocycles. The van der Waals surface area contributed by atoms with E-state index in [-0.39, 0.29) is 53.5 Å². The van der Waals surface area contributed by atoms with E-state index in [2.05, 4.69) is 54.5 Å². The topological polar surface area (TPSA) is 53.1 Å². The molecule has 0 aromatic heterocycles. The maximum atomic E-state index is 14.7. The fourth-order valence-electron chi connectivity index (χ4n) is 8.30. The van der Waals surface area contributed by atoms with Crippen LogP contribution in [0, 0.1) is 11.8 Å². The van der Waals surface area contributed by atoms with Crippen molar-refractivity contribution in [1.29, 1.82) is 0 Å². The predicted molar refractivity (Wildman–Crippen MR) is 179 cm³/mol. The second-order valence-corrected chi connectivity index (χ2v) is 13.7. The van der Waals surface area contributed by atoms with Crippen molar-refractivity contribution in [2.24, 2.45) is 11.8 Å². The van der Waals surface area contributed by atoms with Crippen molar-refractivity contribution in [2.75, 3.05) is 32.8 Å². The number of benzene rings is 1. The van der Waals surface area contributed by atoms with Crippen LogP contribution < -0.4 is 4.74 Å². The highest BCUT2D eigenvalue weighted by atomic mass is 19.1. The number of piperidine rings is 1. The van der Waals surface area contributed by atoms with Crippen LogP contribution in [0.15, 0.2) is 54.4 Å². The molecule has 3 heterocycles. The number of carbonyl (C=O) groups is 2. The lowest BCUT2D eigenvalue weighted by molar-refractivity contribution is -0.138. The smallest absolute Gasteiger partial charge is 0.237 e. The lowest BCUT2D eigenvalue weighted by atomic mass is 9.83. The zero-order valence-corrected chi connectivity index (χ0v) is 28.0. The van der Waals surface area contributed by atoms with Gasteiger partial charge in [0, 0.05) is 62.3 Å². The van der Waals surface area contributed by atoms with E-state index in [4.69, 9.17) is 4.74 Å². The van der Waals surface area contributed by atoms with Crippen molar-refractivity contribution in [2.45, 2.75) is 110 Å². The van der Waals surface area contributed by atoms with Gasteiger partial charge in [-0.15, -0.1) is 6.58 Å². The third-order valence-corrected chi connectivity index (χ3v) is 10.9. The van der Waals surface area contributed by atoms with E-state index in [0.29, 0.717) is 25.1 Å². The van der Waals surface area contributed by atoms with Gasteiger partial charge < -0.3 is 14.5 Å². The largest absolute Gasteiger partial charge is 0.493 e. The first-order valence-corrected chi connectivity index (χ1v) is 17.5. The van der Waals surface area contributed by atoms with E-state index in [1.54, 1.807) is 6.08 Å². The lowest BCUT2D eigenvalue weighted by Crippen LogP contribution is -2.53. The van der Waals surface area contributed by atoms with Gasteiger partial charge in [-0.25, -0.2) is 4.39 Å². The Balaban J connectivity index is 1.44. The zero-order chi connectivity index (χ0) is 32.1. The summed E-state index contributed by atoms with van der Waals surface area (Å²) in [5.74, 6) is 1.42. The summed E-state index contributed by atoms with van der Waals surface area (Å²) < 4.78 is 20.4. The van der Waals surface area contributed by atoms with Crippen molar-refractivity contribution in [3.63, 3.8) is 0 Å². The van der Waals surface area contributed by atoms with Crippen LogP contribution in [0.3, 0.4) is 0 Å². The Kier molecular flexibility index (Phi) is 11.2. The molecule has 2 amide bonds. The highest BCUT2D eigenvalue weighted by molar-refractivity contribution is 5.80. The van der Waals surface area contributed by atoms with Gasteiger partial charge in [-0.2, -0.15) is 0 Å². The second kappa shape index (κ2) is 15.1. The fourth-order valence-corrected chi connectivity index (χ4v) is 8.30. The first kappa shape index (κ1) is 33.4. The Hall–Kier alpha value is -2.93. The normalized spacial score (nSPS) is 26.8. The molecule has 5 rings (SSSR count). The number of rotatable bonds is 13.